The smallest absolute Gasteiger partial charge is 0.313 e. The summed E-state index contributed by atoms with van der Waals surface area (Å²) in [7, 11) is 1.30. The van der Waals surface area contributed by atoms with Crippen LogP contribution >= 0.6 is 11.8 Å². The van der Waals surface area contributed by atoms with Crippen LogP contribution in [0.25, 0.3) is 0 Å². The van der Waals surface area contributed by atoms with Gasteiger partial charge in [0.2, 0.25) is 0 Å². The van der Waals surface area contributed by atoms with Crippen LogP contribution in [0.4, 0.5) is 4.39 Å². The molecule has 1 heterocycles. The van der Waals surface area contributed by atoms with Crippen LogP contribution in [0.1, 0.15) is 32.6 Å². The van der Waals surface area contributed by atoms with Gasteiger partial charge in [0, 0.05) is 5.75 Å². The third-order valence-electron chi connectivity index (χ3n) is 5.33. The highest BCUT2D eigenvalue weighted by molar-refractivity contribution is 8.00. The fraction of sp³-hybridized carbons (Fsp3) is 0.867. The van der Waals surface area contributed by atoms with Crippen LogP contribution in [0, 0.1) is 11.8 Å². The average Bonchev–Trinajstić information content (AvgIpc) is 2.88. The van der Waals surface area contributed by atoms with Gasteiger partial charge in [0.05, 0.1) is 18.8 Å². The largest absolute Gasteiger partial charge is 0.469 e. The van der Waals surface area contributed by atoms with Crippen molar-refractivity contribution >= 4 is 23.7 Å². The van der Waals surface area contributed by atoms with Crippen molar-refractivity contribution < 1.29 is 28.6 Å². The lowest BCUT2D eigenvalue weighted by Crippen LogP contribution is -2.60. The summed E-state index contributed by atoms with van der Waals surface area (Å²) in [4.78, 5) is 23.4. The van der Waals surface area contributed by atoms with Crippen molar-refractivity contribution in [3.05, 3.63) is 0 Å². The van der Waals surface area contributed by atoms with Gasteiger partial charge in [-0.05, 0) is 32.1 Å². The van der Waals surface area contributed by atoms with Crippen molar-refractivity contribution in [1.82, 2.24) is 0 Å². The fourth-order valence-corrected chi connectivity index (χ4v) is 5.81. The number of methoxy groups -OCH3 is 1. The highest BCUT2D eigenvalue weighted by atomic mass is 32.2. The molecule has 0 aromatic carbocycles. The number of halogens is 1. The molecule has 3 aliphatic rings. The Morgan fingerprint density at radius 1 is 1.55 bits per heavy atom. The Hall–Kier alpha value is -0.820. The first-order valence-electron chi connectivity index (χ1n) is 7.61. The molecular formula is C15H21FO5S. The number of hydrogen-bond acceptors (Lipinski definition) is 6. The summed E-state index contributed by atoms with van der Waals surface area (Å²) in [6.07, 6.45) is 1.15. The number of carbonyl (C=O) groups excluding carboxylic acids is 2. The number of hydrogen-bond donors (Lipinski definition) is 1. The molecule has 22 heavy (non-hydrogen) atoms. The topological polar surface area (TPSA) is 72.8 Å². The molecule has 7 heteroatoms. The van der Waals surface area contributed by atoms with E-state index in [1.807, 2.05) is 0 Å². The number of carbonyl (C=O) groups is 2. The monoisotopic (exact) mass is 332 g/mol. The first-order chi connectivity index (χ1) is 10.3. The summed E-state index contributed by atoms with van der Waals surface area (Å²) in [6.45, 7) is 1.49. The maximum Gasteiger partial charge on any atom is 0.313 e. The van der Waals surface area contributed by atoms with E-state index in [2.05, 4.69) is 4.74 Å². The van der Waals surface area contributed by atoms with Crippen molar-refractivity contribution in [3.8, 4) is 0 Å². The Bertz CT molecular complexity index is 496. The summed E-state index contributed by atoms with van der Waals surface area (Å²) in [5, 5.41) is 10.3. The zero-order valence-corrected chi connectivity index (χ0v) is 13.5. The molecule has 0 amide bonds. The molecule has 1 saturated heterocycles. The van der Waals surface area contributed by atoms with Crippen LogP contribution in [0.3, 0.4) is 0 Å². The number of thioether (sulfide) groups is 1. The van der Waals surface area contributed by atoms with E-state index in [1.165, 1.54) is 25.8 Å². The Labute approximate surface area is 132 Å². The summed E-state index contributed by atoms with van der Waals surface area (Å²) >= 11 is 1.22. The zero-order chi connectivity index (χ0) is 16.1. The van der Waals surface area contributed by atoms with E-state index in [0.717, 1.165) is 0 Å². The van der Waals surface area contributed by atoms with E-state index in [4.69, 9.17) is 4.74 Å². The lowest BCUT2D eigenvalue weighted by atomic mass is 9.65. The van der Waals surface area contributed by atoms with Crippen molar-refractivity contribution in [1.29, 1.82) is 0 Å². The average molecular weight is 332 g/mol. The van der Waals surface area contributed by atoms with Crippen LogP contribution in [-0.4, -0.2) is 52.5 Å². The van der Waals surface area contributed by atoms with Gasteiger partial charge in [-0.1, -0.05) is 0 Å². The molecule has 1 N–H and O–H groups in total. The van der Waals surface area contributed by atoms with Gasteiger partial charge in [-0.15, -0.1) is 0 Å². The molecule has 6 atom stereocenters. The van der Waals surface area contributed by atoms with Gasteiger partial charge in [0.1, 0.15) is 23.3 Å². The second-order valence-corrected chi connectivity index (χ2v) is 7.91. The lowest BCUT2D eigenvalue weighted by molar-refractivity contribution is -0.146. The van der Waals surface area contributed by atoms with E-state index in [0.29, 0.717) is 18.6 Å². The van der Waals surface area contributed by atoms with Crippen LogP contribution in [0.2, 0.25) is 0 Å². The quantitative estimate of drug-likeness (QED) is 0.786. The molecule has 124 valence electrons. The van der Waals surface area contributed by atoms with Crippen molar-refractivity contribution in [3.63, 3.8) is 0 Å². The van der Waals surface area contributed by atoms with Gasteiger partial charge in [-0.3, -0.25) is 9.59 Å². The summed E-state index contributed by atoms with van der Waals surface area (Å²) < 4.78 is 25.0. The van der Waals surface area contributed by atoms with Gasteiger partial charge in [-0.2, -0.15) is 11.8 Å². The molecule has 0 radical (unpaired) electrons. The Morgan fingerprint density at radius 2 is 2.27 bits per heavy atom. The summed E-state index contributed by atoms with van der Waals surface area (Å²) in [6, 6.07) is 0. The van der Waals surface area contributed by atoms with E-state index < -0.39 is 34.5 Å². The molecule has 0 aromatic rings. The molecule has 0 aromatic heterocycles. The van der Waals surface area contributed by atoms with Gasteiger partial charge in [0.15, 0.2) is 0 Å². The highest BCUT2D eigenvalue weighted by Gasteiger charge is 2.71. The van der Waals surface area contributed by atoms with E-state index in [-0.39, 0.29) is 24.7 Å². The van der Waals surface area contributed by atoms with Crippen LogP contribution in [0.5, 0.6) is 0 Å². The molecule has 3 fully saturated rings. The predicted octanol–water partition coefficient (Wildman–Crippen LogP) is 1.47. The minimum Gasteiger partial charge on any atom is -0.469 e. The maximum absolute atomic E-state index is 15.1. The molecule has 2 aliphatic carbocycles. The third-order valence-corrected chi connectivity index (χ3v) is 6.89. The fourth-order valence-electron chi connectivity index (χ4n) is 4.31. The highest BCUT2D eigenvalue weighted by Crippen LogP contribution is 2.60. The molecule has 5 nitrogen and oxygen atoms in total. The molecule has 2 saturated carbocycles. The predicted molar refractivity (Wildman–Crippen MR) is 78.1 cm³/mol. The minimum atomic E-state index is -1.57. The Kier molecular flexibility index (Phi) is 3.92. The number of esters is 2. The summed E-state index contributed by atoms with van der Waals surface area (Å²) in [5.74, 6) is -1.60. The van der Waals surface area contributed by atoms with Crippen LogP contribution in [-0.2, 0) is 19.1 Å². The van der Waals surface area contributed by atoms with Gasteiger partial charge >= 0.3 is 11.9 Å². The lowest BCUT2D eigenvalue weighted by Gasteiger charge is -2.47. The molecule has 3 rings (SSSR count). The number of alkyl halides is 1. The van der Waals surface area contributed by atoms with E-state index in [9.17, 15) is 14.7 Å². The Morgan fingerprint density at radius 3 is 2.95 bits per heavy atom. The second-order valence-electron chi connectivity index (χ2n) is 6.66. The van der Waals surface area contributed by atoms with Gasteiger partial charge < -0.3 is 14.6 Å². The normalized spacial score (nSPS) is 46.3. The van der Waals surface area contributed by atoms with Crippen LogP contribution < -0.4 is 0 Å². The minimum absolute atomic E-state index is 0.154. The maximum atomic E-state index is 15.1. The van der Waals surface area contributed by atoms with Crippen molar-refractivity contribution in [2.45, 2.75) is 55.2 Å². The molecule has 6 unspecified atom stereocenters. The van der Waals surface area contributed by atoms with Gasteiger partial charge in [0.25, 0.3) is 0 Å². The Balaban J connectivity index is 1.81. The SMILES string of the molecule is COC(=O)CCSC1C2C(=O)OC3CCC(CC1(C)F)C32O. The second kappa shape index (κ2) is 5.37. The number of aliphatic hydroxyl groups is 1. The van der Waals surface area contributed by atoms with Gasteiger partial charge in [-0.25, -0.2) is 4.39 Å². The van der Waals surface area contributed by atoms with Crippen molar-refractivity contribution in [2.24, 2.45) is 11.8 Å². The zero-order valence-electron chi connectivity index (χ0n) is 12.7. The third kappa shape index (κ3) is 2.24. The first-order valence-corrected chi connectivity index (χ1v) is 8.65. The standard InChI is InChI=1S/C15H21FO5S/c1-14(16)7-8-3-4-9-15(8,19)11(13(18)21-9)12(14)22-6-5-10(17)20-2/h8-9,11-12,19H,3-7H2,1-2H3. The number of ether oxygens (including phenoxy) is 2. The van der Waals surface area contributed by atoms with Crippen LogP contribution in [0.15, 0.2) is 0 Å². The van der Waals surface area contributed by atoms with E-state index in [1.54, 1.807) is 0 Å². The summed E-state index contributed by atoms with van der Waals surface area (Å²) in [5.41, 5.74) is -2.81. The molecule has 0 bridgehead atoms. The molecular weight excluding hydrogens is 311 g/mol. The van der Waals surface area contributed by atoms with Crippen molar-refractivity contribution in [2.75, 3.05) is 12.9 Å². The first kappa shape index (κ1) is 16.1. The molecule has 0 spiro atoms. The number of rotatable bonds is 4. The molecule has 1 aliphatic heterocycles. The van der Waals surface area contributed by atoms with E-state index >= 15 is 4.39 Å².